The summed E-state index contributed by atoms with van der Waals surface area (Å²) in [6, 6.07) is 6.67. The molecule has 0 aliphatic rings. The minimum atomic E-state index is -3.85. The Kier molecular flexibility index (Phi) is 4.62. The Morgan fingerprint density at radius 1 is 1.28 bits per heavy atom. The van der Waals surface area contributed by atoms with E-state index in [9.17, 15) is 18.5 Å². The molecule has 0 bridgehead atoms. The molecular formula is C11H13F2O4P. The van der Waals surface area contributed by atoms with Crippen LogP contribution in [0.3, 0.4) is 0 Å². The van der Waals surface area contributed by atoms with Crippen LogP contribution in [0.25, 0.3) is 0 Å². The molecule has 1 N–H and O–H groups in total. The van der Waals surface area contributed by atoms with Crippen LogP contribution in [0.1, 0.15) is 5.56 Å². The van der Waals surface area contributed by atoms with Gasteiger partial charge in [0.15, 0.2) is 5.76 Å². The van der Waals surface area contributed by atoms with Gasteiger partial charge >= 0.3 is 13.5 Å². The van der Waals surface area contributed by atoms with Crippen molar-refractivity contribution >= 4 is 7.60 Å². The number of aliphatic hydroxyl groups excluding tert-OH is 1. The molecule has 0 aromatic heterocycles. The molecule has 18 heavy (non-hydrogen) atoms. The van der Waals surface area contributed by atoms with E-state index in [1.807, 2.05) is 0 Å². The van der Waals surface area contributed by atoms with Crippen LogP contribution in [-0.2, 0) is 19.5 Å². The van der Waals surface area contributed by atoms with Crippen LogP contribution in [0.2, 0.25) is 0 Å². The molecule has 0 atom stereocenters. The minimum Gasteiger partial charge on any atom is -0.506 e. The second kappa shape index (κ2) is 5.61. The predicted molar refractivity (Wildman–Crippen MR) is 62.7 cm³/mol. The summed E-state index contributed by atoms with van der Waals surface area (Å²) < 4.78 is 48.1. The fourth-order valence-electron chi connectivity index (χ4n) is 1.21. The third-order valence-electron chi connectivity index (χ3n) is 2.25. The van der Waals surface area contributed by atoms with E-state index in [4.69, 9.17) is 0 Å². The number of benzene rings is 1. The van der Waals surface area contributed by atoms with Gasteiger partial charge in [0.1, 0.15) is 0 Å². The number of hydrogen-bond donors (Lipinski definition) is 1. The van der Waals surface area contributed by atoms with E-state index in [2.05, 4.69) is 9.05 Å². The summed E-state index contributed by atoms with van der Waals surface area (Å²) in [6.45, 7) is 0. The van der Waals surface area contributed by atoms with Crippen molar-refractivity contribution in [1.29, 1.82) is 0 Å². The average molecular weight is 278 g/mol. The summed E-state index contributed by atoms with van der Waals surface area (Å²) in [5.41, 5.74) is -0.419. The fourth-order valence-corrected chi connectivity index (χ4v) is 2.03. The third kappa shape index (κ3) is 3.16. The Balaban J connectivity index is 3.13. The monoisotopic (exact) mass is 278 g/mol. The zero-order chi connectivity index (χ0) is 13.8. The number of alkyl halides is 2. The molecule has 0 radical (unpaired) electrons. The maximum atomic E-state index is 13.8. The lowest BCUT2D eigenvalue weighted by atomic mass is 10.1. The van der Waals surface area contributed by atoms with E-state index in [0.29, 0.717) is 5.82 Å². The molecule has 4 nitrogen and oxygen atoms in total. The fraction of sp³-hybridized carbons (Fsp3) is 0.273. The van der Waals surface area contributed by atoms with Gasteiger partial charge in [-0.2, -0.15) is 8.78 Å². The van der Waals surface area contributed by atoms with Crippen LogP contribution in [0.5, 0.6) is 0 Å². The zero-order valence-electron chi connectivity index (χ0n) is 9.84. The minimum absolute atomic E-state index is 0.403. The van der Waals surface area contributed by atoms with Crippen molar-refractivity contribution in [3.05, 3.63) is 47.5 Å². The van der Waals surface area contributed by atoms with Gasteiger partial charge in [0.2, 0.25) is 0 Å². The quantitative estimate of drug-likeness (QED) is 0.659. The Morgan fingerprint density at radius 2 is 1.78 bits per heavy atom. The first-order valence-electron chi connectivity index (χ1n) is 4.92. The van der Waals surface area contributed by atoms with Crippen molar-refractivity contribution in [1.82, 2.24) is 0 Å². The molecule has 1 aromatic carbocycles. The molecule has 100 valence electrons. The summed E-state index contributed by atoms with van der Waals surface area (Å²) in [7, 11) is -1.77. The predicted octanol–water partition coefficient (Wildman–Crippen LogP) is 3.66. The lowest BCUT2D eigenvalue weighted by molar-refractivity contribution is -0.00509. The SMILES string of the molecule is COP(=O)(C=C(O)C(F)(F)c1ccccc1)OC. The Bertz CT molecular complexity index is 465. The Morgan fingerprint density at radius 3 is 2.22 bits per heavy atom. The Hall–Kier alpha value is -1.23. The first kappa shape index (κ1) is 14.8. The molecule has 0 fully saturated rings. The summed E-state index contributed by atoms with van der Waals surface area (Å²) >= 11 is 0. The van der Waals surface area contributed by atoms with Gasteiger partial charge < -0.3 is 14.2 Å². The highest BCUT2D eigenvalue weighted by Gasteiger charge is 2.39. The van der Waals surface area contributed by atoms with Gasteiger partial charge in [0.25, 0.3) is 0 Å². The van der Waals surface area contributed by atoms with Crippen LogP contribution in [0, 0.1) is 0 Å². The van der Waals surface area contributed by atoms with E-state index < -0.39 is 24.8 Å². The van der Waals surface area contributed by atoms with Crippen molar-refractivity contribution in [3.8, 4) is 0 Å². The van der Waals surface area contributed by atoms with Crippen molar-refractivity contribution in [2.24, 2.45) is 0 Å². The van der Waals surface area contributed by atoms with E-state index in [0.717, 1.165) is 26.4 Å². The number of allylic oxidation sites excluding steroid dienone is 1. The summed E-state index contributed by atoms with van der Waals surface area (Å²) in [5.74, 6) is -4.63. The van der Waals surface area contributed by atoms with Crippen LogP contribution in [0.15, 0.2) is 41.9 Å². The highest BCUT2D eigenvalue weighted by molar-refractivity contribution is 7.57. The second-order valence-corrected chi connectivity index (χ2v) is 5.43. The molecule has 7 heteroatoms. The number of hydrogen-bond acceptors (Lipinski definition) is 4. The first-order chi connectivity index (χ1) is 8.35. The summed E-state index contributed by atoms with van der Waals surface area (Å²) in [5, 5.41) is 9.41. The normalized spacial score (nSPS) is 13.7. The molecule has 0 saturated heterocycles. The molecule has 0 saturated carbocycles. The first-order valence-corrected chi connectivity index (χ1v) is 6.54. The van der Waals surface area contributed by atoms with Crippen LogP contribution in [0.4, 0.5) is 8.78 Å². The van der Waals surface area contributed by atoms with Crippen LogP contribution in [-0.4, -0.2) is 19.3 Å². The van der Waals surface area contributed by atoms with Crippen molar-refractivity contribution < 1.29 is 27.5 Å². The van der Waals surface area contributed by atoms with Gasteiger partial charge in [-0.05, 0) is 0 Å². The molecule has 0 heterocycles. The molecule has 0 aliphatic carbocycles. The molecule has 0 spiro atoms. The maximum absolute atomic E-state index is 13.8. The standard InChI is InChI=1S/C11H13F2O4P/c1-16-18(15,17-2)8-10(14)11(12,13)9-6-4-3-5-7-9/h3-8,14H,1-2H3. The molecule has 0 amide bonds. The maximum Gasteiger partial charge on any atom is 0.357 e. The molecular weight excluding hydrogens is 265 g/mol. The van der Waals surface area contributed by atoms with Crippen LogP contribution < -0.4 is 0 Å². The molecule has 1 aromatic rings. The number of aliphatic hydroxyl groups is 1. The van der Waals surface area contributed by atoms with Crippen molar-refractivity contribution in [3.63, 3.8) is 0 Å². The van der Waals surface area contributed by atoms with Gasteiger partial charge in [-0.15, -0.1) is 0 Å². The third-order valence-corrected chi connectivity index (χ3v) is 3.83. The second-order valence-electron chi connectivity index (χ2n) is 3.36. The van der Waals surface area contributed by atoms with E-state index in [1.165, 1.54) is 12.1 Å². The number of halogens is 2. The van der Waals surface area contributed by atoms with Crippen LogP contribution >= 0.6 is 7.60 Å². The topological polar surface area (TPSA) is 55.8 Å². The molecule has 0 unspecified atom stereocenters. The molecule has 1 rings (SSSR count). The average Bonchev–Trinajstić information content (AvgIpc) is 2.39. The highest BCUT2D eigenvalue weighted by atomic mass is 31.2. The van der Waals surface area contributed by atoms with Crippen molar-refractivity contribution in [2.45, 2.75) is 5.92 Å². The van der Waals surface area contributed by atoms with E-state index >= 15 is 0 Å². The van der Waals surface area contributed by atoms with Gasteiger partial charge in [0.05, 0.1) is 5.82 Å². The largest absolute Gasteiger partial charge is 0.506 e. The van der Waals surface area contributed by atoms with E-state index in [1.54, 1.807) is 6.07 Å². The highest BCUT2D eigenvalue weighted by Crippen LogP contribution is 2.51. The lowest BCUT2D eigenvalue weighted by Gasteiger charge is -2.17. The number of rotatable bonds is 5. The Labute approximate surface area is 103 Å². The van der Waals surface area contributed by atoms with E-state index in [-0.39, 0.29) is 0 Å². The molecule has 0 aliphatic heterocycles. The summed E-state index contributed by atoms with van der Waals surface area (Å²) in [4.78, 5) is 0. The van der Waals surface area contributed by atoms with Gasteiger partial charge in [-0.1, -0.05) is 30.3 Å². The van der Waals surface area contributed by atoms with Gasteiger partial charge in [0, 0.05) is 19.8 Å². The lowest BCUT2D eigenvalue weighted by Crippen LogP contribution is -2.16. The van der Waals surface area contributed by atoms with Gasteiger partial charge in [-0.3, -0.25) is 4.57 Å². The zero-order valence-corrected chi connectivity index (χ0v) is 10.7. The van der Waals surface area contributed by atoms with Crippen molar-refractivity contribution in [2.75, 3.05) is 14.2 Å². The van der Waals surface area contributed by atoms with Gasteiger partial charge in [-0.25, -0.2) is 0 Å². The summed E-state index contributed by atoms with van der Waals surface area (Å²) in [6.07, 6.45) is 0. The smallest absolute Gasteiger partial charge is 0.357 e.